The second-order valence-electron chi connectivity index (χ2n) is 5.58. The third kappa shape index (κ3) is 4.09. The molecule has 0 fully saturated rings. The zero-order valence-electron chi connectivity index (χ0n) is 14.8. The summed E-state index contributed by atoms with van der Waals surface area (Å²) in [6, 6.07) is 12.9. The van der Waals surface area contributed by atoms with E-state index >= 15 is 0 Å². The number of alkyl halides is 3. The zero-order chi connectivity index (χ0) is 20.3. The molecule has 0 bridgehead atoms. The fourth-order valence-electron chi connectivity index (χ4n) is 2.47. The van der Waals surface area contributed by atoms with Gasteiger partial charge in [0.05, 0.1) is 14.2 Å². The van der Waals surface area contributed by atoms with Crippen LogP contribution >= 0.6 is 11.3 Å². The smallest absolute Gasteiger partial charge is 0.435 e. The molecule has 1 heterocycles. The number of halogens is 3. The highest BCUT2D eigenvalue weighted by Crippen LogP contribution is 2.38. The van der Waals surface area contributed by atoms with Gasteiger partial charge in [0, 0.05) is 17.3 Å². The number of anilines is 1. The average molecular weight is 408 g/mol. The van der Waals surface area contributed by atoms with Gasteiger partial charge in [0.15, 0.2) is 17.2 Å². The van der Waals surface area contributed by atoms with Gasteiger partial charge in [-0.25, -0.2) is 4.98 Å². The Morgan fingerprint density at radius 2 is 1.71 bits per heavy atom. The molecule has 9 heteroatoms. The molecule has 0 aliphatic carbocycles. The molecule has 1 aromatic heterocycles. The number of carbonyl (C=O) groups excluding carboxylic acids is 1. The average Bonchev–Trinajstić information content (AvgIpc) is 3.15. The van der Waals surface area contributed by atoms with Crippen LogP contribution in [0.2, 0.25) is 0 Å². The normalized spacial score (nSPS) is 11.2. The first-order valence-corrected chi connectivity index (χ1v) is 8.82. The van der Waals surface area contributed by atoms with Crippen LogP contribution in [0.5, 0.6) is 11.5 Å². The lowest BCUT2D eigenvalue weighted by atomic mass is 10.2. The predicted octanol–water partition coefficient (Wildman–Crippen LogP) is 5.10. The number of methoxy groups -OCH3 is 2. The molecule has 5 nitrogen and oxygen atoms in total. The van der Waals surface area contributed by atoms with Gasteiger partial charge >= 0.3 is 6.18 Å². The summed E-state index contributed by atoms with van der Waals surface area (Å²) in [5, 5.41) is 2.57. The number of nitrogens with one attached hydrogen (secondary N) is 1. The topological polar surface area (TPSA) is 60.5 Å². The van der Waals surface area contributed by atoms with Crippen LogP contribution in [0.1, 0.15) is 15.4 Å². The third-order valence-electron chi connectivity index (χ3n) is 3.76. The second kappa shape index (κ2) is 7.89. The van der Waals surface area contributed by atoms with Crippen LogP contribution in [0.4, 0.5) is 18.9 Å². The molecule has 1 amide bonds. The van der Waals surface area contributed by atoms with Crippen molar-refractivity contribution in [2.45, 2.75) is 6.18 Å². The minimum absolute atomic E-state index is 0.116. The molecule has 0 aliphatic rings. The van der Waals surface area contributed by atoms with Crippen molar-refractivity contribution in [2.24, 2.45) is 0 Å². The van der Waals surface area contributed by atoms with E-state index in [4.69, 9.17) is 9.47 Å². The summed E-state index contributed by atoms with van der Waals surface area (Å²) in [5.41, 5.74) is -0.442. The number of carbonyl (C=O) groups is 1. The summed E-state index contributed by atoms with van der Waals surface area (Å²) in [6.45, 7) is 0. The molecule has 28 heavy (non-hydrogen) atoms. The maximum absolute atomic E-state index is 13.4. The fourth-order valence-corrected chi connectivity index (χ4v) is 3.46. The molecule has 0 atom stereocenters. The maximum atomic E-state index is 13.4. The molecule has 3 rings (SSSR count). The van der Waals surface area contributed by atoms with Gasteiger partial charge in [0.1, 0.15) is 9.88 Å². The number of hydrogen-bond donors (Lipinski definition) is 1. The summed E-state index contributed by atoms with van der Waals surface area (Å²) < 4.78 is 50.5. The quantitative estimate of drug-likeness (QED) is 0.638. The molecule has 0 unspecified atom stereocenters. The summed E-state index contributed by atoms with van der Waals surface area (Å²) >= 11 is 0.685. The SMILES string of the molecule is COc1ccc(NC(=O)c2sc(-c3ccccc3)nc2C(F)(F)F)cc1OC. The highest BCUT2D eigenvalue weighted by Gasteiger charge is 2.39. The van der Waals surface area contributed by atoms with Gasteiger partial charge < -0.3 is 14.8 Å². The van der Waals surface area contributed by atoms with E-state index in [2.05, 4.69) is 10.3 Å². The molecule has 0 spiro atoms. The van der Waals surface area contributed by atoms with Crippen molar-refractivity contribution in [3.05, 3.63) is 59.1 Å². The number of rotatable bonds is 5. The van der Waals surface area contributed by atoms with Crippen molar-refractivity contribution in [3.8, 4) is 22.1 Å². The Kier molecular flexibility index (Phi) is 5.55. The summed E-state index contributed by atoms with van der Waals surface area (Å²) in [6.07, 6.45) is -4.76. The van der Waals surface area contributed by atoms with E-state index in [0.29, 0.717) is 28.4 Å². The number of hydrogen-bond acceptors (Lipinski definition) is 5. The van der Waals surface area contributed by atoms with Gasteiger partial charge in [-0.05, 0) is 12.1 Å². The van der Waals surface area contributed by atoms with Gasteiger partial charge in [-0.3, -0.25) is 4.79 Å². The maximum Gasteiger partial charge on any atom is 0.435 e. The van der Waals surface area contributed by atoms with E-state index in [-0.39, 0.29) is 10.7 Å². The molecule has 0 saturated carbocycles. The van der Waals surface area contributed by atoms with Gasteiger partial charge in [-0.1, -0.05) is 30.3 Å². The van der Waals surface area contributed by atoms with Gasteiger partial charge in [0.25, 0.3) is 5.91 Å². The standard InChI is InChI=1S/C19H15F3N2O3S/c1-26-13-9-8-12(10-14(13)27-2)23-17(25)15-16(19(20,21)22)24-18(28-15)11-6-4-3-5-7-11/h3-10H,1-2H3,(H,23,25). The number of benzene rings is 2. The van der Waals surface area contributed by atoms with Gasteiger partial charge in [-0.15, -0.1) is 11.3 Å². The Morgan fingerprint density at radius 1 is 1.04 bits per heavy atom. The number of nitrogens with zero attached hydrogens (tertiary/aromatic N) is 1. The van der Waals surface area contributed by atoms with E-state index in [1.54, 1.807) is 36.4 Å². The fraction of sp³-hybridized carbons (Fsp3) is 0.158. The molecule has 3 aromatic rings. The Balaban J connectivity index is 1.96. The Bertz CT molecular complexity index is 988. The number of thiazole rings is 1. The van der Waals surface area contributed by atoms with Crippen LogP contribution in [-0.2, 0) is 6.18 Å². The Morgan fingerprint density at radius 3 is 2.32 bits per heavy atom. The minimum atomic E-state index is -4.76. The highest BCUT2D eigenvalue weighted by atomic mass is 32.1. The molecule has 146 valence electrons. The van der Waals surface area contributed by atoms with Crippen molar-refractivity contribution in [3.63, 3.8) is 0 Å². The predicted molar refractivity (Wildman–Crippen MR) is 100 cm³/mol. The van der Waals surface area contributed by atoms with Crippen molar-refractivity contribution in [1.29, 1.82) is 0 Å². The molecule has 2 aromatic carbocycles. The molecular formula is C19H15F3N2O3S. The number of amides is 1. The lowest BCUT2D eigenvalue weighted by Gasteiger charge is -2.11. The molecule has 0 aliphatic heterocycles. The lowest BCUT2D eigenvalue weighted by Crippen LogP contribution is -2.17. The van der Waals surface area contributed by atoms with Crippen molar-refractivity contribution >= 4 is 22.9 Å². The van der Waals surface area contributed by atoms with Crippen LogP contribution in [0.15, 0.2) is 48.5 Å². The van der Waals surface area contributed by atoms with Gasteiger partial charge in [-0.2, -0.15) is 13.2 Å². The van der Waals surface area contributed by atoms with Crippen LogP contribution in [0.3, 0.4) is 0 Å². The summed E-state index contributed by atoms with van der Waals surface area (Å²) in [7, 11) is 2.87. The van der Waals surface area contributed by atoms with E-state index in [1.165, 1.54) is 26.4 Å². The van der Waals surface area contributed by atoms with Gasteiger partial charge in [0.2, 0.25) is 0 Å². The third-order valence-corrected chi connectivity index (χ3v) is 4.87. The summed E-state index contributed by atoms with van der Waals surface area (Å²) in [5.74, 6) is -0.134. The lowest BCUT2D eigenvalue weighted by molar-refractivity contribution is -0.140. The molecule has 1 N–H and O–H groups in total. The Labute approximate surface area is 162 Å². The van der Waals surface area contributed by atoms with Crippen molar-refractivity contribution < 1.29 is 27.4 Å². The Hall–Kier alpha value is -3.07. The first-order valence-electron chi connectivity index (χ1n) is 8.00. The number of aromatic nitrogens is 1. The molecule has 0 saturated heterocycles. The van der Waals surface area contributed by atoms with Crippen LogP contribution in [-0.4, -0.2) is 25.1 Å². The van der Waals surface area contributed by atoms with E-state index in [1.807, 2.05) is 0 Å². The van der Waals surface area contributed by atoms with Crippen LogP contribution in [0.25, 0.3) is 10.6 Å². The van der Waals surface area contributed by atoms with E-state index in [9.17, 15) is 18.0 Å². The zero-order valence-corrected chi connectivity index (χ0v) is 15.6. The van der Waals surface area contributed by atoms with E-state index < -0.39 is 22.7 Å². The number of ether oxygens (including phenoxy) is 2. The molecule has 0 radical (unpaired) electrons. The minimum Gasteiger partial charge on any atom is -0.493 e. The largest absolute Gasteiger partial charge is 0.493 e. The summed E-state index contributed by atoms with van der Waals surface area (Å²) in [4.78, 5) is 15.7. The first-order chi connectivity index (χ1) is 13.3. The monoisotopic (exact) mass is 408 g/mol. The van der Waals surface area contributed by atoms with Crippen molar-refractivity contribution in [1.82, 2.24) is 4.98 Å². The molecular weight excluding hydrogens is 393 g/mol. The van der Waals surface area contributed by atoms with Crippen molar-refractivity contribution in [2.75, 3.05) is 19.5 Å². The second-order valence-corrected chi connectivity index (χ2v) is 6.58. The highest BCUT2D eigenvalue weighted by molar-refractivity contribution is 7.17. The van der Waals surface area contributed by atoms with Crippen LogP contribution < -0.4 is 14.8 Å². The van der Waals surface area contributed by atoms with E-state index in [0.717, 1.165) is 0 Å². The van der Waals surface area contributed by atoms with Crippen LogP contribution in [0, 0.1) is 0 Å². The first kappa shape index (κ1) is 19.7.